The summed E-state index contributed by atoms with van der Waals surface area (Å²) < 4.78 is 4.80. The second kappa shape index (κ2) is 6.62. The number of benzene rings is 2. The Morgan fingerprint density at radius 1 is 1.09 bits per heavy atom. The lowest BCUT2D eigenvalue weighted by molar-refractivity contribution is -0.385. The third-order valence-electron chi connectivity index (χ3n) is 2.99. The molecule has 0 radical (unpaired) electrons. The van der Waals surface area contributed by atoms with Gasteiger partial charge < -0.3 is 4.74 Å². The summed E-state index contributed by atoms with van der Waals surface area (Å²) in [6, 6.07) is 12.1. The number of nitro benzene ring substituents is 1. The normalized spacial score (nSPS) is 10.0. The standard InChI is InChI=1S/C16H13NO5/c1-2-22-16(19)13-10-12(8-9-14(13)17(20)21)15(18)11-6-4-3-5-7-11/h3-10H,2H2,1H3. The van der Waals surface area contributed by atoms with E-state index in [4.69, 9.17) is 4.74 Å². The number of ketones is 1. The summed E-state index contributed by atoms with van der Waals surface area (Å²) >= 11 is 0. The van der Waals surface area contributed by atoms with Crippen molar-refractivity contribution in [1.82, 2.24) is 0 Å². The minimum Gasteiger partial charge on any atom is -0.462 e. The quantitative estimate of drug-likeness (QED) is 0.366. The van der Waals surface area contributed by atoms with Crippen LogP contribution in [0.5, 0.6) is 0 Å². The topological polar surface area (TPSA) is 86.5 Å². The predicted octanol–water partition coefficient (Wildman–Crippen LogP) is 3.00. The van der Waals surface area contributed by atoms with Crippen molar-refractivity contribution in [3.05, 3.63) is 75.3 Å². The molecule has 0 heterocycles. The number of ether oxygens (including phenoxy) is 1. The van der Waals surface area contributed by atoms with Gasteiger partial charge in [-0.2, -0.15) is 0 Å². The zero-order chi connectivity index (χ0) is 16.1. The third kappa shape index (κ3) is 3.17. The molecule has 22 heavy (non-hydrogen) atoms. The average Bonchev–Trinajstić information content (AvgIpc) is 2.54. The third-order valence-corrected chi connectivity index (χ3v) is 2.99. The van der Waals surface area contributed by atoms with Gasteiger partial charge in [0.05, 0.1) is 11.5 Å². The molecule has 0 spiro atoms. The van der Waals surface area contributed by atoms with Gasteiger partial charge in [-0.3, -0.25) is 14.9 Å². The number of rotatable bonds is 5. The Hall–Kier alpha value is -3.02. The highest BCUT2D eigenvalue weighted by atomic mass is 16.6. The van der Waals surface area contributed by atoms with Gasteiger partial charge in [0, 0.05) is 17.2 Å². The van der Waals surface area contributed by atoms with Crippen LogP contribution in [0.15, 0.2) is 48.5 Å². The van der Waals surface area contributed by atoms with Crippen LogP contribution in [0.3, 0.4) is 0 Å². The number of carbonyl (C=O) groups is 2. The minimum atomic E-state index is -0.822. The first-order valence-electron chi connectivity index (χ1n) is 6.60. The molecule has 0 saturated heterocycles. The Morgan fingerprint density at radius 2 is 1.77 bits per heavy atom. The van der Waals surface area contributed by atoms with Crippen LogP contribution in [0, 0.1) is 10.1 Å². The van der Waals surface area contributed by atoms with E-state index in [1.54, 1.807) is 37.3 Å². The molecule has 0 amide bonds. The van der Waals surface area contributed by atoms with Gasteiger partial charge in [-0.05, 0) is 19.1 Å². The summed E-state index contributed by atoms with van der Waals surface area (Å²) in [4.78, 5) is 34.5. The fourth-order valence-electron chi connectivity index (χ4n) is 1.97. The van der Waals surface area contributed by atoms with Crippen molar-refractivity contribution >= 4 is 17.4 Å². The van der Waals surface area contributed by atoms with E-state index in [0.29, 0.717) is 5.56 Å². The second-order valence-electron chi connectivity index (χ2n) is 4.40. The van der Waals surface area contributed by atoms with Gasteiger partial charge in [0.2, 0.25) is 0 Å². The molecular weight excluding hydrogens is 286 g/mol. The van der Waals surface area contributed by atoms with E-state index in [9.17, 15) is 19.7 Å². The Kier molecular flexibility index (Phi) is 4.63. The number of carbonyl (C=O) groups excluding carboxylic acids is 2. The highest BCUT2D eigenvalue weighted by Gasteiger charge is 2.23. The molecule has 2 rings (SSSR count). The highest BCUT2D eigenvalue weighted by molar-refractivity contribution is 6.10. The Labute approximate surface area is 126 Å². The lowest BCUT2D eigenvalue weighted by Crippen LogP contribution is -2.10. The summed E-state index contributed by atoms with van der Waals surface area (Å²) in [5, 5.41) is 11.0. The SMILES string of the molecule is CCOC(=O)c1cc(C(=O)c2ccccc2)ccc1[N+](=O)[O-]. The Morgan fingerprint density at radius 3 is 2.36 bits per heavy atom. The summed E-state index contributed by atoms with van der Waals surface area (Å²) in [6.45, 7) is 1.69. The lowest BCUT2D eigenvalue weighted by atomic mass is 10.0. The number of nitro groups is 1. The van der Waals surface area contributed by atoms with Crippen LogP contribution < -0.4 is 0 Å². The summed E-state index contributed by atoms with van der Waals surface area (Å²) in [6.07, 6.45) is 0. The van der Waals surface area contributed by atoms with E-state index in [-0.39, 0.29) is 29.2 Å². The lowest BCUT2D eigenvalue weighted by Gasteiger charge is -2.06. The van der Waals surface area contributed by atoms with Crippen LogP contribution in [0.2, 0.25) is 0 Å². The van der Waals surface area contributed by atoms with Crippen molar-refractivity contribution < 1.29 is 19.2 Å². The van der Waals surface area contributed by atoms with Crippen molar-refractivity contribution in [1.29, 1.82) is 0 Å². The molecule has 0 bridgehead atoms. The van der Waals surface area contributed by atoms with Gasteiger partial charge in [-0.15, -0.1) is 0 Å². The fourth-order valence-corrected chi connectivity index (χ4v) is 1.97. The molecule has 0 aromatic heterocycles. The van der Waals surface area contributed by atoms with Gasteiger partial charge >= 0.3 is 5.97 Å². The first kappa shape index (κ1) is 15.4. The van der Waals surface area contributed by atoms with Gasteiger partial charge in [0.25, 0.3) is 5.69 Å². The van der Waals surface area contributed by atoms with Crippen LogP contribution in [-0.4, -0.2) is 23.3 Å². The van der Waals surface area contributed by atoms with Crippen LogP contribution in [0.4, 0.5) is 5.69 Å². The zero-order valence-corrected chi connectivity index (χ0v) is 11.8. The molecule has 2 aromatic rings. The van der Waals surface area contributed by atoms with E-state index in [2.05, 4.69) is 0 Å². The second-order valence-corrected chi connectivity index (χ2v) is 4.40. The fraction of sp³-hybridized carbons (Fsp3) is 0.125. The molecule has 6 nitrogen and oxygen atoms in total. The van der Waals surface area contributed by atoms with Gasteiger partial charge in [0.1, 0.15) is 5.56 Å². The van der Waals surface area contributed by atoms with Crippen molar-refractivity contribution in [3.63, 3.8) is 0 Å². The first-order chi connectivity index (χ1) is 10.5. The zero-order valence-electron chi connectivity index (χ0n) is 11.8. The Bertz CT molecular complexity index is 725. The molecule has 0 aliphatic heterocycles. The monoisotopic (exact) mass is 299 g/mol. The van der Waals surface area contributed by atoms with Crippen LogP contribution >= 0.6 is 0 Å². The van der Waals surface area contributed by atoms with E-state index < -0.39 is 10.9 Å². The van der Waals surface area contributed by atoms with Crippen molar-refractivity contribution in [2.24, 2.45) is 0 Å². The van der Waals surface area contributed by atoms with Gasteiger partial charge in [-0.1, -0.05) is 30.3 Å². The van der Waals surface area contributed by atoms with Crippen molar-refractivity contribution in [2.75, 3.05) is 6.61 Å². The molecule has 112 valence electrons. The maximum absolute atomic E-state index is 12.3. The van der Waals surface area contributed by atoms with E-state index in [0.717, 1.165) is 6.07 Å². The minimum absolute atomic E-state index is 0.0901. The average molecular weight is 299 g/mol. The molecule has 0 aliphatic carbocycles. The molecule has 2 aromatic carbocycles. The van der Waals surface area contributed by atoms with E-state index in [1.165, 1.54) is 12.1 Å². The summed E-state index contributed by atoms with van der Waals surface area (Å²) in [7, 11) is 0. The molecule has 0 atom stereocenters. The van der Waals surface area contributed by atoms with E-state index in [1.807, 2.05) is 0 Å². The molecule has 0 fully saturated rings. The molecule has 6 heteroatoms. The number of hydrogen-bond donors (Lipinski definition) is 0. The molecule has 0 saturated carbocycles. The smallest absolute Gasteiger partial charge is 0.345 e. The Balaban J connectivity index is 2.47. The highest BCUT2D eigenvalue weighted by Crippen LogP contribution is 2.22. The largest absolute Gasteiger partial charge is 0.462 e. The van der Waals surface area contributed by atoms with E-state index >= 15 is 0 Å². The van der Waals surface area contributed by atoms with Crippen LogP contribution in [0.1, 0.15) is 33.2 Å². The maximum Gasteiger partial charge on any atom is 0.345 e. The molecular formula is C16H13NO5. The first-order valence-corrected chi connectivity index (χ1v) is 6.60. The van der Waals surface area contributed by atoms with Crippen molar-refractivity contribution in [3.8, 4) is 0 Å². The number of esters is 1. The van der Waals surface area contributed by atoms with Gasteiger partial charge in [-0.25, -0.2) is 4.79 Å². The summed E-state index contributed by atoms with van der Waals surface area (Å²) in [5.41, 5.74) is 0.0164. The number of nitrogens with zero attached hydrogens (tertiary/aromatic N) is 1. The van der Waals surface area contributed by atoms with Crippen LogP contribution in [-0.2, 0) is 4.74 Å². The van der Waals surface area contributed by atoms with Gasteiger partial charge in [0.15, 0.2) is 5.78 Å². The maximum atomic E-state index is 12.3. The predicted molar refractivity (Wildman–Crippen MR) is 78.9 cm³/mol. The van der Waals surface area contributed by atoms with Crippen molar-refractivity contribution in [2.45, 2.75) is 6.92 Å². The molecule has 0 aliphatic rings. The molecule has 0 unspecified atom stereocenters. The number of hydrogen-bond acceptors (Lipinski definition) is 5. The summed E-state index contributed by atoms with van der Waals surface area (Å²) in [5.74, 6) is -1.14. The molecule has 0 N–H and O–H groups in total. The van der Waals surface area contributed by atoms with Crippen LogP contribution in [0.25, 0.3) is 0 Å².